The lowest BCUT2D eigenvalue weighted by Gasteiger charge is -2.20. The summed E-state index contributed by atoms with van der Waals surface area (Å²) in [5.74, 6) is 0. The Labute approximate surface area is 115 Å². The molecule has 0 aliphatic carbocycles. The molecule has 2 nitrogen and oxygen atoms in total. The summed E-state index contributed by atoms with van der Waals surface area (Å²) < 4.78 is 0. The zero-order valence-electron chi connectivity index (χ0n) is 12.9. The van der Waals surface area contributed by atoms with Crippen molar-refractivity contribution < 1.29 is 0 Å². The fraction of sp³-hybridized carbons (Fsp3) is 0.875. The van der Waals surface area contributed by atoms with E-state index in [1.165, 1.54) is 51.4 Å². The maximum absolute atomic E-state index is 3.64. The summed E-state index contributed by atoms with van der Waals surface area (Å²) in [5, 5.41) is 6.68. The third-order valence-electron chi connectivity index (χ3n) is 3.05. The molecule has 18 heavy (non-hydrogen) atoms. The van der Waals surface area contributed by atoms with E-state index >= 15 is 0 Å². The molecule has 0 aromatic heterocycles. The monoisotopic (exact) mass is 254 g/mol. The Kier molecular flexibility index (Phi) is 11.3. The van der Waals surface area contributed by atoms with Gasteiger partial charge in [-0.3, -0.25) is 0 Å². The van der Waals surface area contributed by atoms with Crippen molar-refractivity contribution in [1.82, 2.24) is 10.6 Å². The molecule has 0 rings (SSSR count). The maximum atomic E-state index is 3.64. The quantitative estimate of drug-likeness (QED) is 0.509. The SMILES string of the molecule is C=CNCCCCCCCCCCNC(C)(C)C. The van der Waals surface area contributed by atoms with E-state index in [2.05, 4.69) is 38.0 Å². The highest BCUT2D eigenvalue weighted by atomic mass is 14.9. The summed E-state index contributed by atoms with van der Waals surface area (Å²) in [7, 11) is 0. The molecular formula is C16H34N2. The van der Waals surface area contributed by atoms with Crippen LogP contribution < -0.4 is 10.6 Å². The normalized spacial score (nSPS) is 11.5. The highest BCUT2D eigenvalue weighted by Gasteiger charge is 2.06. The minimum absolute atomic E-state index is 0.277. The van der Waals surface area contributed by atoms with Gasteiger partial charge in [0.1, 0.15) is 0 Å². The van der Waals surface area contributed by atoms with Crippen LogP contribution in [0.3, 0.4) is 0 Å². The zero-order chi connectivity index (χ0) is 13.7. The van der Waals surface area contributed by atoms with Crippen molar-refractivity contribution in [1.29, 1.82) is 0 Å². The topological polar surface area (TPSA) is 24.1 Å². The molecule has 0 aromatic carbocycles. The maximum Gasteiger partial charge on any atom is 0.0141 e. The first-order valence-electron chi connectivity index (χ1n) is 7.65. The summed E-state index contributed by atoms with van der Waals surface area (Å²) in [6.07, 6.45) is 12.7. The molecule has 0 saturated heterocycles. The van der Waals surface area contributed by atoms with Gasteiger partial charge in [-0.2, -0.15) is 0 Å². The van der Waals surface area contributed by atoms with Crippen molar-refractivity contribution >= 4 is 0 Å². The van der Waals surface area contributed by atoms with Crippen LogP contribution in [0.25, 0.3) is 0 Å². The van der Waals surface area contributed by atoms with Gasteiger partial charge in [0.15, 0.2) is 0 Å². The molecule has 2 N–H and O–H groups in total. The van der Waals surface area contributed by atoms with Crippen molar-refractivity contribution in [2.24, 2.45) is 0 Å². The van der Waals surface area contributed by atoms with Gasteiger partial charge in [0, 0.05) is 12.1 Å². The van der Waals surface area contributed by atoms with Crippen molar-refractivity contribution in [3.63, 3.8) is 0 Å². The van der Waals surface area contributed by atoms with Gasteiger partial charge in [0.2, 0.25) is 0 Å². The van der Waals surface area contributed by atoms with E-state index in [9.17, 15) is 0 Å². The highest BCUT2D eigenvalue weighted by Crippen LogP contribution is 2.08. The van der Waals surface area contributed by atoms with Crippen molar-refractivity contribution in [3.8, 4) is 0 Å². The molecule has 108 valence electrons. The van der Waals surface area contributed by atoms with Crippen molar-refractivity contribution in [2.45, 2.75) is 77.7 Å². The van der Waals surface area contributed by atoms with E-state index in [1.807, 2.05) is 0 Å². The molecule has 0 saturated carbocycles. The van der Waals surface area contributed by atoms with Crippen molar-refractivity contribution in [3.05, 3.63) is 12.8 Å². The van der Waals surface area contributed by atoms with Crippen LogP contribution in [0.15, 0.2) is 12.8 Å². The fourth-order valence-electron chi connectivity index (χ4n) is 1.98. The second kappa shape index (κ2) is 11.6. The van der Waals surface area contributed by atoms with Crippen LogP contribution in [0.4, 0.5) is 0 Å². The number of hydrogen-bond donors (Lipinski definition) is 2. The van der Waals surface area contributed by atoms with Gasteiger partial charge in [-0.05, 0) is 46.4 Å². The van der Waals surface area contributed by atoms with Crippen LogP contribution in [-0.4, -0.2) is 18.6 Å². The first-order valence-corrected chi connectivity index (χ1v) is 7.65. The summed E-state index contributed by atoms with van der Waals surface area (Å²) in [5.41, 5.74) is 0.277. The number of unbranched alkanes of at least 4 members (excludes halogenated alkanes) is 7. The minimum atomic E-state index is 0.277. The molecule has 0 radical (unpaired) electrons. The van der Waals surface area contributed by atoms with Gasteiger partial charge in [0.25, 0.3) is 0 Å². The second-order valence-corrected chi connectivity index (χ2v) is 6.16. The van der Waals surface area contributed by atoms with Crippen LogP contribution in [-0.2, 0) is 0 Å². The van der Waals surface area contributed by atoms with Crippen LogP contribution >= 0.6 is 0 Å². The Morgan fingerprint density at radius 3 is 1.67 bits per heavy atom. The first-order chi connectivity index (χ1) is 8.56. The van der Waals surface area contributed by atoms with E-state index < -0.39 is 0 Å². The molecule has 0 atom stereocenters. The second-order valence-electron chi connectivity index (χ2n) is 6.16. The number of hydrogen-bond acceptors (Lipinski definition) is 2. The largest absolute Gasteiger partial charge is 0.391 e. The Balaban J connectivity index is 3.01. The Bertz CT molecular complexity index is 182. The third-order valence-corrected chi connectivity index (χ3v) is 3.05. The summed E-state index contributed by atoms with van der Waals surface area (Å²) in [6.45, 7) is 12.6. The number of nitrogens with one attached hydrogen (secondary N) is 2. The summed E-state index contributed by atoms with van der Waals surface area (Å²) >= 11 is 0. The molecule has 0 aromatic rings. The zero-order valence-corrected chi connectivity index (χ0v) is 12.9. The van der Waals surface area contributed by atoms with Gasteiger partial charge < -0.3 is 10.6 Å². The molecule has 0 heterocycles. The van der Waals surface area contributed by atoms with E-state index in [-0.39, 0.29) is 5.54 Å². The molecule has 0 amide bonds. The minimum Gasteiger partial charge on any atom is -0.391 e. The van der Waals surface area contributed by atoms with Crippen LogP contribution in [0.2, 0.25) is 0 Å². The summed E-state index contributed by atoms with van der Waals surface area (Å²) in [4.78, 5) is 0. The summed E-state index contributed by atoms with van der Waals surface area (Å²) in [6, 6.07) is 0. The molecule has 0 fully saturated rings. The van der Waals surface area contributed by atoms with E-state index in [1.54, 1.807) is 6.20 Å². The molecule has 0 aliphatic rings. The molecule has 2 heteroatoms. The van der Waals surface area contributed by atoms with Gasteiger partial charge in [0.05, 0.1) is 0 Å². The average Bonchev–Trinajstić information content (AvgIpc) is 2.29. The Hall–Kier alpha value is -0.500. The molecular weight excluding hydrogens is 220 g/mol. The lowest BCUT2D eigenvalue weighted by molar-refractivity contribution is 0.415. The van der Waals surface area contributed by atoms with Crippen LogP contribution in [0.5, 0.6) is 0 Å². The van der Waals surface area contributed by atoms with E-state index in [0.29, 0.717) is 0 Å². The van der Waals surface area contributed by atoms with E-state index in [4.69, 9.17) is 0 Å². The predicted molar refractivity (Wildman–Crippen MR) is 82.9 cm³/mol. The van der Waals surface area contributed by atoms with Gasteiger partial charge >= 0.3 is 0 Å². The van der Waals surface area contributed by atoms with Gasteiger partial charge in [-0.1, -0.05) is 45.1 Å². The molecule has 0 unspecified atom stereocenters. The van der Waals surface area contributed by atoms with Crippen molar-refractivity contribution in [2.75, 3.05) is 13.1 Å². The van der Waals surface area contributed by atoms with E-state index in [0.717, 1.165) is 13.1 Å². The molecule has 0 aliphatic heterocycles. The third kappa shape index (κ3) is 15.5. The lowest BCUT2D eigenvalue weighted by Crippen LogP contribution is -2.36. The lowest BCUT2D eigenvalue weighted by atomic mass is 10.1. The highest BCUT2D eigenvalue weighted by molar-refractivity contribution is 4.69. The first kappa shape index (κ1) is 17.5. The van der Waals surface area contributed by atoms with Gasteiger partial charge in [-0.15, -0.1) is 0 Å². The Morgan fingerprint density at radius 1 is 0.778 bits per heavy atom. The predicted octanol–water partition coefficient (Wildman–Crippen LogP) is 4.23. The molecule has 0 bridgehead atoms. The fourth-order valence-corrected chi connectivity index (χ4v) is 1.98. The number of rotatable bonds is 12. The average molecular weight is 254 g/mol. The Morgan fingerprint density at radius 2 is 1.22 bits per heavy atom. The standard InChI is InChI=1S/C16H34N2/c1-5-17-14-12-10-8-6-7-9-11-13-15-18-16(2,3)4/h5,17-18H,1,6-15H2,2-4H3. The van der Waals surface area contributed by atoms with Gasteiger partial charge in [-0.25, -0.2) is 0 Å². The van der Waals surface area contributed by atoms with Crippen LogP contribution in [0, 0.1) is 0 Å². The smallest absolute Gasteiger partial charge is 0.0141 e. The molecule has 0 spiro atoms. The van der Waals surface area contributed by atoms with Crippen LogP contribution in [0.1, 0.15) is 72.1 Å².